The van der Waals surface area contributed by atoms with Crippen LogP contribution in [0.2, 0.25) is 0 Å². The average Bonchev–Trinajstić information content (AvgIpc) is 2.78. The minimum Gasteiger partial charge on any atom is -0.493 e. The third-order valence-electron chi connectivity index (χ3n) is 5.69. The lowest BCUT2D eigenvalue weighted by Crippen LogP contribution is -2.38. The molecular weight excluding hydrogens is 426 g/mol. The lowest BCUT2D eigenvalue weighted by atomic mass is 9.87. The van der Waals surface area contributed by atoms with E-state index in [0.717, 1.165) is 16.7 Å². The molecule has 0 saturated heterocycles. The number of aryl methyl sites for hydroxylation is 1. The van der Waals surface area contributed by atoms with Crippen molar-refractivity contribution in [3.05, 3.63) is 71.8 Å². The zero-order valence-electron chi connectivity index (χ0n) is 18.5. The lowest BCUT2D eigenvalue weighted by molar-refractivity contribution is -0.117. The van der Waals surface area contributed by atoms with E-state index in [1.807, 2.05) is 25.1 Å². The summed E-state index contributed by atoms with van der Waals surface area (Å²) < 4.78 is 40.1. The van der Waals surface area contributed by atoms with Crippen LogP contribution in [0.5, 0.6) is 11.5 Å². The molecule has 1 aliphatic rings. The molecule has 0 spiro atoms. The van der Waals surface area contributed by atoms with Gasteiger partial charge in [-0.15, -0.1) is 0 Å². The molecule has 7 heteroatoms. The Kier molecular flexibility index (Phi) is 5.69. The second-order valence-electron chi connectivity index (χ2n) is 7.85. The van der Waals surface area contributed by atoms with Gasteiger partial charge in [0.05, 0.1) is 30.8 Å². The maximum Gasteiger partial charge on any atom is 0.264 e. The fourth-order valence-corrected chi connectivity index (χ4v) is 5.83. The zero-order valence-corrected chi connectivity index (χ0v) is 19.3. The summed E-state index contributed by atoms with van der Waals surface area (Å²) in [7, 11) is -0.871. The molecule has 0 fully saturated rings. The number of ketones is 1. The van der Waals surface area contributed by atoms with Crippen LogP contribution in [0.4, 0.5) is 5.69 Å². The first-order valence-corrected chi connectivity index (χ1v) is 11.7. The standard InChI is InChI=1S/C25H25NO5S/c1-16-9-11-18(12-10-16)32(28,29)26-22-8-6-5-7-19(22)20-14-24(30-3)25(31-4)15-21(20)23(26)13-17(2)27/h5-12,14-15,23H,13H2,1-4H3. The highest BCUT2D eigenvalue weighted by Gasteiger charge is 2.40. The van der Waals surface area contributed by atoms with Gasteiger partial charge >= 0.3 is 0 Å². The highest BCUT2D eigenvalue weighted by molar-refractivity contribution is 7.92. The summed E-state index contributed by atoms with van der Waals surface area (Å²) in [6.45, 7) is 3.37. The number of carbonyl (C=O) groups excluding carboxylic acids is 1. The quantitative estimate of drug-likeness (QED) is 0.533. The second-order valence-corrected chi connectivity index (χ2v) is 9.66. The molecule has 1 aliphatic heterocycles. The van der Waals surface area contributed by atoms with Gasteiger partial charge in [0.2, 0.25) is 0 Å². The van der Waals surface area contributed by atoms with Crippen LogP contribution in [0.1, 0.15) is 30.5 Å². The fraction of sp³-hybridized carbons (Fsp3) is 0.240. The van der Waals surface area contributed by atoms with Gasteiger partial charge in [-0.25, -0.2) is 8.42 Å². The molecule has 3 aromatic rings. The number of para-hydroxylation sites is 1. The first-order chi connectivity index (χ1) is 15.3. The number of methoxy groups -OCH3 is 2. The van der Waals surface area contributed by atoms with Crippen molar-refractivity contribution in [1.29, 1.82) is 0 Å². The van der Waals surface area contributed by atoms with E-state index in [2.05, 4.69) is 0 Å². The number of ether oxygens (including phenoxy) is 2. The molecule has 166 valence electrons. The number of fused-ring (bicyclic) bond motifs is 3. The van der Waals surface area contributed by atoms with Crippen molar-refractivity contribution in [3.63, 3.8) is 0 Å². The molecule has 6 nitrogen and oxygen atoms in total. The summed E-state index contributed by atoms with van der Waals surface area (Å²) in [5, 5.41) is 0. The highest BCUT2D eigenvalue weighted by atomic mass is 32.2. The van der Waals surface area contributed by atoms with Gasteiger partial charge < -0.3 is 9.47 Å². The molecule has 4 rings (SSSR count). The van der Waals surface area contributed by atoms with Gasteiger partial charge in [0.25, 0.3) is 10.0 Å². The number of nitrogens with zero attached hydrogens (tertiary/aromatic N) is 1. The number of sulfonamides is 1. The van der Waals surface area contributed by atoms with Crippen LogP contribution in [0, 0.1) is 6.92 Å². The van der Waals surface area contributed by atoms with E-state index < -0.39 is 16.1 Å². The molecule has 0 amide bonds. The third-order valence-corrected chi connectivity index (χ3v) is 7.53. The van der Waals surface area contributed by atoms with Crippen molar-refractivity contribution in [2.24, 2.45) is 0 Å². The predicted molar refractivity (Wildman–Crippen MR) is 124 cm³/mol. The van der Waals surface area contributed by atoms with Gasteiger partial charge in [0.1, 0.15) is 5.78 Å². The maximum absolute atomic E-state index is 13.9. The topological polar surface area (TPSA) is 72.9 Å². The van der Waals surface area contributed by atoms with Crippen LogP contribution in [-0.2, 0) is 14.8 Å². The van der Waals surface area contributed by atoms with Crippen LogP contribution in [0.15, 0.2) is 65.6 Å². The summed E-state index contributed by atoms with van der Waals surface area (Å²) in [6.07, 6.45) is 0.0297. The number of rotatable bonds is 6. The molecule has 0 N–H and O–H groups in total. The van der Waals surface area contributed by atoms with E-state index in [0.29, 0.717) is 22.7 Å². The van der Waals surface area contributed by atoms with E-state index in [1.165, 1.54) is 18.3 Å². The van der Waals surface area contributed by atoms with E-state index in [-0.39, 0.29) is 17.1 Å². The van der Waals surface area contributed by atoms with Crippen LogP contribution < -0.4 is 13.8 Å². The minimum absolute atomic E-state index is 0.0297. The predicted octanol–water partition coefficient (Wildman–Crippen LogP) is 4.91. The van der Waals surface area contributed by atoms with Crippen molar-refractivity contribution in [2.75, 3.05) is 18.5 Å². The molecule has 0 radical (unpaired) electrons. The van der Waals surface area contributed by atoms with Gasteiger partial charge in [-0.05, 0) is 55.3 Å². The van der Waals surface area contributed by atoms with Gasteiger partial charge in [-0.3, -0.25) is 9.10 Å². The first kappa shape index (κ1) is 21.9. The zero-order chi connectivity index (χ0) is 23.0. The molecule has 0 saturated carbocycles. The van der Waals surface area contributed by atoms with Crippen molar-refractivity contribution in [1.82, 2.24) is 0 Å². The van der Waals surface area contributed by atoms with Crippen molar-refractivity contribution < 1.29 is 22.7 Å². The van der Waals surface area contributed by atoms with Crippen LogP contribution in [-0.4, -0.2) is 28.4 Å². The fourth-order valence-electron chi connectivity index (χ4n) is 4.18. The Morgan fingerprint density at radius 3 is 2.19 bits per heavy atom. The number of benzene rings is 3. The first-order valence-electron chi connectivity index (χ1n) is 10.2. The number of carbonyl (C=O) groups is 1. The Bertz CT molecular complexity index is 1280. The normalized spacial score (nSPS) is 15.0. The molecule has 0 aliphatic carbocycles. The third kappa shape index (κ3) is 3.62. The molecule has 1 heterocycles. The summed E-state index contributed by atoms with van der Waals surface area (Å²) in [5.74, 6) is 0.906. The number of Topliss-reactive ketones (excluding diaryl/α,β-unsaturated/α-hetero) is 1. The van der Waals surface area contributed by atoms with Gasteiger partial charge in [0.15, 0.2) is 11.5 Å². The molecule has 3 aromatic carbocycles. The summed E-state index contributed by atoms with van der Waals surface area (Å²) in [4.78, 5) is 12.5. The van der Waals surface area contributed by atoms with E-state index >= 15 is 0 Å². The smallest absolute Gasteiger partial charge is 0.264 e. The molecule has 1 unspecified atom stereocenters. The molecule has 0 bridgehead atoms. The summed E-state index contributed by atoms with van der Waals surface area (Å²) >= 11 is 0. The summed E-state index contributed by atoms with van der Waals surface area (Å²) in [6, 6.07) is 16.9. The van der Waals surface area contributed by atoms with Crippen molar-refractivity contribution >= 4 is 21.5 Å². The van der Waals surface area contributed by atoms with Crippen LogP contribution in [0.25, 0.3) is 11.1 Å². The van der Waals surface area contributed by atoms with E-state index in [1.54, 1.807) is 49.6 Å². The molecule has 1 atom stereocenters. The van der Waals surface area contributed by atoms with Crippen molar-refractivity contribution in [3.8, 4) is 22.6 Å². The van der Waals surface area contributed by atoms with Gasteiger partial charge in [-0.2, -0.15) is 0 Å². The Balaban J connectivity index is 2.02. The largest absolute Gasteiger partial charge is 0.493 e. The van der Waals surface area contributed by atoms with Crippen molar-refractivity contribution in [2.45, 2.75) is 31.2 Å². The number of hydrogen-bond acceptors (Lipinski definition) is 5. The number of anilines is 1. The minimum atomic E-state index is -3.96. The maximum atomic E-state index is 13.9. The van der Waals surface area contributed by atoms with Crippen LogP contribution >= 0.6 is 0 Å². The molecule has 0 aromatic heterocycles. The number of hydrogen-bond donors (Lipinski definition) is 0. The Morgan fingerprint density at radius 2 is 1.56 bits per heavy atom. The second kappa shape index (κ2) is 8.31. The monoisotopic (exact) mass is 451 g/mol. The van der Waals surface area contributed by atoms with E-state index in [4.69, 9.17) is 9.47 Å². The Labute approximate surface area is 188 Å². The van der Waals surface area contributed by atoms with Gasteiger partial charge in [-0.1, -0.05) is 35.9 Å². The SMILES string of the molecule is COc1cc2c(cc1OC)C(CC(C)=O)N(S(=O)(=O)c1ccc(C)cc1)c1ccccc1-2. The van der Waals surface area contributed by atoms with E-state index in [9.17, 15) is 13.2 Å². The Hall–Kier alpha value is -3.32. The Morgan fingerprint density at radius 1 is 0.938 bits per heavy atom. The van der Waals surface area contributed by atoms with Crippen LogP contribution in [0.3, 0.4) is 0 Å². The van der Waals surface area contributed by atoms with Gasteiger partial charge in [0, 0.05) is 12.0 Å². The summed E-state index contributed by atoms with van der Waals surface area (Å²) in [5.41, 5.74) is 3.76. The highest BCUT2D eigenvalue weighted by Crippen LogP contribution is 2.51. The lowest BCUT2D eigenvalue weighted by Gasteiger charge is -2.39. The molecule has 32 heavy (non-hydrogen) atoms. The molecular formula is C25H25NO5S. The average molecular weight is 452 g/mol.